The molecule has 20 heavy (non-hydrogen) atoms. The van der Waals surface area contributed by atoms with Gasteiger partial charge in [0, 0.05) is 13.1 Å². The second-order valence-electron chi connectivity index (χ2n) is 4.74. The van der Waals surface area contributed by atoms with Crippen LogP contribution in [-0.4, -0.2) is 16.6 Å². The van der Waals surface area contributed by atoms with Gasteiger partial charge in [0.2, 0.25) is 0 Å². The molecule has 0 fully saturated rings. The molecule has 0 atom stereocenters. The van der Waals surface area contributed by atoms with Crippen LogP contribution < -0.4 is 4.90 Å². The van der Waals surface area contributed by atoms with E-state index in [1.807, 2.05) is 18.2 Å². The predicted octanol–water partition coefficient (Wildman–Crippen LogP) is 2.87. The SMILES string of the molecule is N#Cc1nc(N2CCc3ccc(O)cc3C2)ccc1Cl. The number of fused-ring (bicyclic) bond motifs is 1. The number of anilines is 1. The average Bonchev–Trinajstić information content (AvgIpc) is 2.47. The first-order chi connectivity index (χ1) is 9.67. The summed E-state index contributed by atoms with van der Waals surface area (Å²) in [4.78, 5) is 6.36. The van der Waals surface area contributed by atoms with Crippen molar-refractivity contribution >= 4 is 17.4 Å². The monoisotopic (exact) mass is 285 g/mol. The van der Waals surface area contributed by atoms with Crippen molar-refractivity contribution in [2.45, 2.75) is 13.0 Å². The lowest BCUT2D eigenvalue weighted by molar-refractivity contribution is 0.473. The summed E-state index contributed by atoms with van der Waals surface area (Å²) in [6.45, 7) is 1.50. The maximum atomic E-state index is 9.57. The minimum absolute atomic E-state index is 0.242. The summed E-state index contributed by atoms with van der Waals surface area (Å²) >= 11 is 5.90. The number of halogens is 1. The van der Waals surface area contributed by atoms with Gasteiger partial charge in [0.05, 0.1) is 5.02 Å². The van der Waals surface area contributed by atoms with Gasteiger partial charge in [-0.3, -0.25) is 0 Å². The quantitative estimate of drug-likeness (QED) is 0.875. The Morgan fingerprint density at radius 2 is 2.10 bits per heavy atom. The zero-order chi connectivity index (χ0) is 14.1. The minimum Gasteiger partial charge on any atom is -0.508 e. The van der Waals surface area contributed by atoms with Crippen LogP contribution in [0.4, 0.5) is 5.82 Å². The van der Waals surface area contributed by atoms with E-state index in [1.54, 1.807) is 18.2 Å². The van der Waals surface area contributed by atoms with Gasteiger partial charge in [0.15, 0.2) is 5.69 Å². The summed E-state index contributed by atoms with van der Waals surface area (Å²) in [6.07, 6.45) is 0.891. The third-order valence-corrected chi connectivity index (χ3v) is 3.77. The van der Waals surface area contributed by atoms with Gasteiger partial charge in [0.1, 0.15) is 17.6 Å². The van der Waals surface area contributed by atoms with Crippen molar-refractivity contribution in [3.05, 3.63) is 52.2 Å². The number of hydrogen-bond acceptors (Lipinski definition) is 4. The van der Waals surface area contributed by atoms with Crippen molar-refractivity contribution in [2.24, 2.45) is 0 Å². The zero-order valence-corrected chi connectivity index (χ0v) is 11.4. The molecule has 0 amide bonds. The van der Waals surface area contributed by atoms with Gasteiger partial charge in [-0.05, 0) is 41.8 Å². The average molecular weight is 286 g/mol. The molecular formula is C15H12ClN3O. The molecular weight excluding hydrogens is 274 g/mol. The lowest BCUT2D eigenvalue weighted by atomic mass is 9.99. The number of aromatic nitrogens is 1. The molecule has 1 aromatic carbocycles. The van der Waals surface area contributed by atoms with E-state index in [-0.39, 0.29) is 11.4 Å². The minimum atomic E-state index is 0.242. The molecule has 5 heteroatoms. The first-order valence-corrected chi connectivity index (χ1v) is 6.67. The Morgan fingerprint density at radius 1 is 1.25 bits per heavy atom. The normalized spacial score (nSPS) is 13.7. The fraction of sp³-hybridized carbons (Fsp3) is 0.200. The molecule has 4 nitrogen and oxygen atoms in total. The Bertz CT molecular complexity index is 709. The van der Waals surface area contributed by atoms with Gasteiger partial charge in [-0.25, -0.2) is 4.98 Å². The number of benzene rings is 1. The third-order valence-electron chi connectivity index (χ3n) is 3.46. The van der Waals surface area contributed by atoms with Gasteiger partial charge in [-0.1, -0.05) is 17.7 Å². The highest BCUT2D eigenvalue weighted by atomic mass is 35.5. The summed E-state index contributed by atoms with van der Waals surface area (Å²) in [5.74, 6) is 1.01. The molecule has 0 saturated heterocycles. The molecule has 2 aromatic rings. The van der Waals surface area contributed by atoms with Crippen molar-refractivity contribution in [1.82, 2.24) is 4.98 Å². The second-order valence-corrected chi connectivity index (χ2v) is 5.14. The molecule has 0 saturated carbocycles. The number of phenolic OH excluding ortho intramolecular Hbond substituents is 1. The standard InChI is InChI=1S/C15H12ClN3O/c16-13-3-4-15(18-14(13)8-17)19-6-5-10-1-2-12(20)7-11(10)9-19/h1-4,7,20H,5-6,9H2. The van der Waals surface area contributed by atoms with E-state index in [9.17, 15) is 5.11 Å². The van der Waals surface area contributed by atoms with Crippen molar-refractivity contribution in [3.8, 4) is 11.8 Å². The fourth-order valence-electron chi connectivity index (χ4n) is 2.43. The van der Waals surface area contributed by atoms with Crippen LogP contribution in [0.2, 0.25) is 5.02 Å². The maximum Gasteiger partial charge on any atom is 0.161 e. The number of nitriles is 1. The smallest absolute Gasteiger partial charge is 0.161 e. The number of phenols is 1. The molecule has 0 radical (unpaired) electrons. The van der Waals surface area contributed by atoms with E-state index in [2.05, 4.69) is 9.88 Å². The summed E-state index contributed by atoms with van der Waals surface area (Å²) in [5, 5.41) is 18.9. The van der Waals surface area contributed by atoms with E-state index in [4.69, 9.17) is 16.9 Å². The van der Waals surface area contributed by atoms with Gasteiger partial charge in [0.25, 0.3) is 0 Å². The van der Waals surface area contributed by atoms with Gasteiger partial charge < -0.3 is 10.0 Å². The molecule has 1 aliphatic rings. The lowest BCUT2D eigenvalue weighted by Crippen LogP contribution is -2.31. The van der Waals surface area contributed by atoms with Crippen LogP contribution in [0.3, 0.4) is 0 Å². The molecule has 0 spiro atoms. The lowest BCUT2D eigenvalue weighted by Gasteiger charge is -2.30. The Hall–Kier alpha value is -2.25. The molecule has 2 heterocycles. The first kappa shape index (κ1) is 12.8. The highest BCUT2D eigenvalue weighted by Crippen LogP contribution is 2.27. The summed E-state index contributed by atoms with van der Waals surface area (Å²) in [7, 11) is 0. The largest absolute Gasteiger partial charge is 0.508 e. The van der Waals surface area contributed by atoms with E-state index >= 15 is 0 Å². The first-order valence-electron chi connectivity index (χ1n) is 6.30. The number of hydrogen-bond donors (Lipinski definition) is 1. The van der Waals surface area contributed by atoms with E-state index < -0.39 is 0 Å². The molecule has 100 valence electrons. The van der Waals surface area contributed by atoms with Crippen LogP contribution in [-0.2, 0) is 13.0 Å². The highest BCUT2D eigenvalue weighted by molar-refractivity contribution is 6.31. The molecule has 0 bridgehead atoms. The van der Waals surface area contributed by atoms with Crippen LogP contribution in [0.25, 0.3) is 0 Å². The number of pyridine rings is 1. The highest BCUT2D eigenvalue weighted by Gasteiger charge is 2.18. The van der Waals surface area contributed by atoms with E-state index in [1.165, 1.54) is 5.56 Å². The predicted molar refractivity (Wildman–Crippen MR) is 76.8 cm³/mol. The van der Waals surface area contributed by atoms with Crippen LogP contribution >= 0.6 is 11.6 Å². The van der Waals surface area contributed by atoms with Crippen LogP contribution in [0.15, 0.2) is 30.3 Å². The topological polar surface area (TPSA) is 60.2 Å². The van der Waals surface area contributed by atoms with Crippen LogP contribution in [0, 0.1) is 11.3 Å². The number of aromatic hydroxyl groups is 1. The Morgan fingerprint density at radius 3 is 2.90 bits per heavy atom. The zero-order valence-electron chi connectivity index (χ0n) is 10.7. The Labute approximate surface area is 121 Å². The summed E-state index contributed by atoms with van der Waals surface area (Å²) < 4.78 is 0. The van der Waals surface area contributed by atoms with Crippen molar-refractivity contribution in [2.75, 3.05) is 11.4 Å². The number of nitrogens with zero attached hydrogens (tertiary/aromatic N) is 3. The molecule has 1 N–H and O–H groups in total. The molecule has 3 rings (SSSR count). The maximum absolute atomic E-state index is 9.57. The second kappa shape index (κ2) is 5.03. The van der Waals surface area contributed by atoms with E-state index in [0.29, 0.717) is 11.6 Å². The Balaban J connectivity index is 1.92. The van der Waals surface area contributed by atoms with Crippen molar-refractivity contribution in [3.63, 3.8) is 0 Å². The number of rotatable bonds is 1. The van der Waals surface area contributed by atoms with Crippen molar-refractivity contribution < 1.29 is 5.11 Å². The van der Waals surface area contributed by atoms with Crippen LogP contribution in [0.1, 0.15) is 16.8 Å². The van der Waals surface area contributed by atoms with Crippen LogP contribution in [0.5, 0.6) is 5.75 Å². The molecule has 0 aliphatic carbocycles. The summed E-state index contributed by atoms with van der Waals surface area (Å²) in [6, 6.07) is 11.0. The van der Waals surface area contributed by atoms with E-state index in [0.717, 1.165) is 24.3 Å². The van der Waals surface area contributed by atoms with Gasteiger partial charge in [-0.15, -0.1) is 0 Å². The summed E-state index contributed by atoms with van der Waals surface area (Å²) in [5.41, 5.74) is 2.57. The van der Waals surface area contributed by atoms with Gasteiger partial charge in [-0.2, -0.15) is 5.26 Å². The van der Waals surface area contributed by atoms with Crippen molar-refractivity contribution in [1.29, 1.82) is 5.26 Å². The third kappa shape index (κ3) is 2.28. The molecule has 1 aromatic heterocycles. The van der Waals surface area contributed by atoms with Gasteiger partial charge >= 0.3 is 0 Å². The Kier molecular flexibility index (Phi) is 3.21. The fourth-order valence-corrected chi connectivity index (χ4v) is 2.57. The molecule has 0 unspecified atom stereocenters. The molecule has 1 aliphatic heterocycles.